The molecule has 100 valence electrons. The molecule has 1 aliphatic rings. The van der Waals surface area contributed by atoms with Crippen LogP contribution in [-0.4, -0.2) is 39.3 Å². The van der Waals surface area contributed by atoms with E-state index in [0.717, 1.165) is 38.8 Å². The van der Waals surface area contributed by atoms with Crippen LogP contribution in [0.5, 0.6) is 0 Å². The quantitative estimate of drug-likeness (QED) is 0.779. The highest BCUT2D eigenvalue weighted by Gasteiger charge is 2.37. The molecule has 0 spiro atoms. The molecule has 4 nitrogen and oxygen atoms in total. The van der Waals surface area contributed by atoms with E-state index in [1.807, 2.05) is 0 Å². The van der Waals surface area contributed by atoms with Crippen LogP contribution in [0, 0.1) is 5.41 Å². The summed E-state index contributed by atoms with van der Waals surface area (Å²) in [6.45, 7) is 3.81. The van der Waals surface area contributed by atoms with Crippen molar-refractivity contribution in [2.45, 2.75) is 39.0 Å². The minimum atomic E-state index is -3.04. The van der Waals surface area contributed by atoms with Crippen molar-refractivity contribution >= 4 is 15.6 Å². The summed E-state index contributed by atoms with van der Waals surface area (Å²) in [5.41, 5.74) is -0.259. The maximum absolute atomic E-state index is 12.3. The van der Waals surface area contributed by atoms with E-state index in [9.17, 15) is 13.2 Å². The first-order valence-corrected chi connectivity index (χ1v) is 8.37. The van der Waals surface area contributed by atoms with Gasteiger partial charge >= 0.3 is 0 Å². The normalized spacial score (nSPS) is 20.1. The summed E-state index contributed by atoms with van der Waals surface area (Å²) >= 11 is 0. The number of sulfone groups is 1. The van der Waals surface area contributed by atoms with Gasteiger partial charge in [-0.15, -0.1) is 0 Å². The van der Waals surface area contributed by atoms with Gasteiger partial charge in [-0.25, -0.2) is 8.42 Å². The van der Waals surface area contributed by atoms with Gasteiger partial charge in [0, 0.05) is 18.1 Å². The van der Waals surface area contributed by atoms with E-state index in [1.165, 1.54) is 6.26 Å². The molecule has 1 saturated heterocycles. The van der Waals surface area contributed by atoms with Crippen molar-refractivity contribution < 1.29 is 13.2 Å². The van der Waals surface area contributed by atoms with Gasteiger partial charge in [-0.05, 0) is 32.4 Å². The Morgan fingerprint density at radius 2 is 1.88 bits per heavy atom. The van der Waals surface area contributed by atoms with Crippen molar-refractivity contribution in [1.82, 2.24) is 5.32 Å². The molecule has 1 N–H and O–H groups in total. The van der Waals surface area contributed by atoms with Crippen LogP contribution < -0.4 is 5.32 Å². The van der Waals surface area contributed by atoms with Gasteiger partial charge in [0.15, 0.2) is 0 Å². The van der Waals surface area contributed by atoms with Crippen molar-refractivity contribution in [3.63, 3.8) is 0 Å². The number of piperidine rings is 1. The van der Waals surface area contributed by atoms with Crippen LogP contribution in [0.1, 0.15) is 39.0 Å². The molecule has 0 unspecified atom stereocenters. The molecule has 0 radical (unpaired) electrons. The van der Waals surface area contributed by atoms with Crippen molar-refractivity contribution in [3.8, 4) is 0 Å². The molecule has 1 fully saturated rings. The lowest BCUT2D eigenvalue weighted by Gasteiger charge is -2.36. The van der Waals surface area contributed by atoms with Crippen LogP contribution in [0.4, 0.5) is 0 Å². The van der Waals surface area contributed by atoms with Crippen LogP contribution in [0.2, 0.25) is 0 Å². The Labute approximate surface area is 104 Å². The van der Waals surface area contributed by atoms with Gasteiger partial charge in [-0.3, -0.25) is 4.79 Å². The van der Waals surface area contributed by atoms with Crippen LogP contribution in [0.25, 0.3) is 0 Å². The van der Waals surface area contributed by atoms with E-state index < -0.39 is 9.84 Å². The average Bonchev–Trinajstić information content (AvgIpc) is 2.26. The maximum atomic E-state index is 12.3. The third kappa shape index (κ3) is 4.39. The second-order valence-electron chi connectivity index (χ2n) is 5.08. The number of rotatable bonds is 6. The Hall–Kier alpha value is -0.420. The predicted octanol–water partition coefficient (Wildman–Crippen LogP) is 1.16. The first-order chi connectivity index (χ1) is 7.90. The molecule has 0 aliphatic carbocycles. The highest BCUT2D eigenvalue weighted by atomic mass is 32.2. The smallest absolute Gasteiger partial charge is 0.147 e. The van der Waals surface area contributed by atoms with Crippen molar-refractivity contribution in [3.05, 3.63) is 0 Å². The zero-order valence-corrected chi connectivity index (χ0v) is 11.6. The van der Waals surface area contributed by atoms with Crippen molar-refractivity contribution in [1.29, 1.82) is 0 Å². The third-order valence-corrected chi connectivity index (χ3v) is 4.53. The van der Waals surface area contributed by atoms with E-state index in [-0.39, 0.29) is 23.4 Å². The van der Waals surface area contributed by atoms with Crippen molar-refractivity contribution in [2.24, 2.45) is 5.41 Å². The van der Waals surface area contributed by atoms with E-state index in [4.69, 9.17) is 0 Å². The molecule has 5 heteroatoms. The van der Waals surface area contributed by atoms with Crippen LogP contribution in [0.15, 0.2) is 0 Å². The lowest BCUT2D eigenvalue weighted by atomic mass is 9.71. The molecule has 0 aromatic rings. The number of Topliss-reactive ketones (excluding diaryl/α,β-unsaturated/α-hetero) is 1. The zero-order chi connectivity index (χ0) is 12.9. The van der Waals surface area contributed by atoms with Gasteiger partial charge in [0.05, 0.1) is 5.75 Å². The average molecular weight is 261 g/mol. The summed E-state index contributed by atoms with van der Waals surface area (Å²) in [7, 11) is -3.04. The summed E-state index contributed by atoms with van der Waals surface area (Å²) in [6.07, 6.45) is 4.93. The number of hydrogen-bond acceptors (Lipinski definition) is 4. The monoisotopic (exact) mass is 261 g/mol. The third-order valence-electron chi connectivity index (χ3n) is 3.58. The van der Waals surface area contributed by atoms with E-state index in [2.05, 4.69) is 12.2 Å². The maximum Gasteiger partial charge on any atom is 0.147 e. The topological polar surface area (TPSA) is 63.2 Å². The molecule has 0 aromatic heterocycles. The van der Waals surface area contributed by atoms with E-state index in [0.29, 0.717) is 0 Å². The summed E-state index contributed by atoms with van der Waals surface area (Å²) < 4.78 is 22.2. The van der Waals surface area contributed by atoms with Crippen LogP contribution in [-0.2, 0) is 14.6 Å². The molecule has 0 bridgehead atoms. The molecule has 0 amide bonds. The molecule has 0 aromatic carbocycles. The molecular weight excluding hydrogens is 238 g/mol. The number of carbonyl (C=O) groups excluding carboxylic acids is 1. The lowest BCUT2D eigenvalue weighted by Crippen LogP contribution is -2.42. The van der Waals surface area contributed by atoms with Gasteiger partial charge in [0.2, 0.25) is 0 Å². The van der Waals surface area contributed by atoms with Gasteiger partial charge < -0.3 is 5.32 Å². The summed E-state index contributed by atoms with van der Waals surface area (Å²) in [6, 6.07) is 0. The first kappa shape index (κ1) is 14.6. The molecule has 0 saturated carbocycles. The molecule has 1 rings (SSSR count). The standard InChI is InChI=1S/C12H23NO3S/c1-3-5-12(6-8-13-9-7-12)11(14)4-10-17(2,15)16/h13H,3-10H2,1-2H3. The van der Waals surface area contributed by atoms with Crippen LogP contribution in [0.3, 0.4) is 0 Å². The van der Waals surface area contributed by atoms with Gasteiger partial charge in [0.1, 0.15) is 15.6 Å². The Bertz CT molecular complexity index is 350. The molecule has 0 atom stereocenters. The largest absolute Gasteiger partial charge is 0.317 e. The zero-order valence-electron chi connectivity index (χ0n) is 10.8. The van der Waals surface area contributed by atoms with Gasteiger partial charge in [0.25, 0.3) is 0 Å². The minimum absolute atomic E-state index is 0.00920. The number of hydrogen-bond donors (Lipinski definition) is 1. The SMILES string of the molecule is CCCC1(C(=O)CCS(C)(=O)=O)CCNCC1. The second-order valence-corrected chi connectivity index (χ2v) is 7.34. The molecular formula is C12H23NO3S. The van der Waals surface area contributed by atoms with E-state index >= 15 is 0 Å². The van der Waals surface area contributed by atoms with Gasteiger partial charge in [-0.1, -0.05) is 13.3 Å². The lowest BCUT2D eigenvalue weighted by molar-refractivity contribution is -0.130. The van der Waals surface area contributed by atoms with E-state index in [1.54, 1.807) is 0 Å². The Morgan fingerprint density at radius 3 is 2.35 bits per heavy atom. The molecule has 1 aliphatic heterocycles. The van der Waals surface area contributed by atoms with Crippen molar-refractivity contribution in [2.75, 3.05) is 25.1 Å². The highest BCUT2D eigenvalue weighted by molar-refractivity contribution is 7.90. The number of nitrogens with one attached hydrogen (secondary N) is 1. The molecule has 17 heavy (non-hydrogen) atoms. The molecule has 1 heterocycles. The number of ketones is 1. The highest BCUT2D eigenvalue weighted by Crippen LogP contribution is 2.36. The Morgan fingerprint density at radius 1 is 1.29 bits per heavy atom. The van der Waals surface area contributed by atoms with Gasteiger partial charge in [-0.2, -0.15) is 0 Å². The predicted molar refractivity (Wildman–Crippen MR) is 68.8 cm³/mol. The summed E-state index contributed by atoms with van der Waals surface area (Å²) in [5, 5.41) is 3.25. The second kappa shape index (κ2) is 5.96. The fourth-order valence-corrected chi connectivity index (χ4v) is 3.15. The minimum Gasteiger partial charge on any atom is -0.317 e. The fourth-order valence-electron chi connectivity index (χ4n) is 2.60. The van der Waals surface area contributed by atoms with Crippen LogP contribution >= 0.6 is 0 Å². The first-order valence-electron chi connectivity index (χ1n) is 6.31. The fraction of sp³-hybridized carbons (Fsp3) is 0.917. The number of carbonyl (C=O) groups is 1. The summed E-state index contributed by atoms with van der Waals surface area (Å²) in [5.74, 6) is 0.135. The Kier molecular flexibility index (Phi) is 5.13. The Balaban J connectivity index is 2.66. The summed E-state index contributed by atoms with van der Waals surface area (Å²) in [4.78, 5) is 12.3.